The molecule has 0 aliphatic heterocycles. The minimum absolute atomic E-state index is 0. The fourth-order valence-electron chi connectivity index (χ4n) is 3.39. The molecule has 0 radical (unpaired) electrons. The normalized spacial score (nSPS) is 15.6. The van der Waals surface area contributed by atoms with Crippen LogP contribution in [0.2, 0.25) is 0 Å². The third-order valence-corrected chi connectivity index (χ3v) is 5.18. The van der Waals surface area contributed by atoms with E-state index in [4.69, 9.17) is 5.73 Å². The molecule has 164 valence electrons. The minimum atomic E-state index is -4.64. The fourth-order valence-corrected chi connectivity index (χ4v) is 3.39. The maximum Gasteiger partial charge on any atom is 0.434 e. The summed E-state index contributed by atoms with van der Waals surface area (Å²) in [6.45, 7) is 5.79. The molecular formula is C21H30F5N3. The van der Waals surface area contributed by atoms with Crippen molar-refractivity contribution in [1.82, 2.24) is 9.55 Å². The molecule has 0 unspecified atom stereocenters. The van der Waals surface area contributed by atoms with E-state index in [1.54, 1.807) is 31.2 Å². The van der Waals surface area contributed by atoms with Crippen LogP contribution in [0.5, 0.6) is 0 Å². The van der Waals surface area contributed by atoms with Gasteiger partial charge in [-0.3, -0.25) is 0 Å². The van der Waals surface area contributed by atoms with E-state index in [-0.39, 0.29) is 20.2 Å². The standard InChI is InChI=1S/C19H22F5N3.C2H6.H2/c1-2-7-18(20,21)17(8-9-17)12-27-11-15(19(22,23)24)26-16(27)14-5-3-13(10-25)4-6-14;1-2;/h3-6,11H,2,7-10,12,25H2,1H3;1-2H3;1H. The predicted molar refractivity (Wildman–Crippen MR) is 106 cm³/mol. The maximum atomic E-state index is 14.6. The summed E-state index contributed by atoms with van der Waals surface area (Å²) in [5.41, 5.74) is 4.44. The van der Waals surface area contributed by atoms with Crippen LogP contribution in [0.3, 0.4) is 0 Å². The summed E-state index contributed by atoms with van der Waals surface area (Å²) in [5.74, 6) is -2.87. The van der Waals surface area contributed by atoms with Crippen molar-refractivity contribution in [3.05, 3.63) is 41.7 Å². The Kier molecular flexibility index (Phi) is 7.09. The number of rotatable bonds is 7. The lowest BCUT2D eigenvalue weighted by atomic mass is 9.94. The number of benzene rings is 1. The van der Waals surface area contributed by atoms with Gasteiger partial charge in [-0.05, 0) is 18.4 Å². The molecule has 1 aromatic heterocycles. The number of hydrogen-bond donors (Lipinski definition) is 1. The summed E-state index contributed by atoms with van der Waals surface area (Å²) in [7, 11) is 0. The Hall–Kier alpha value is -1.96. The lowest BCUT2D eigenvalue weighted by molar-refractivity contribution is -0.141. The third-order valence-electron chi connectivity index (χ3n) is 5.18. The van der Waals surface area contributed by atoms with Crippen molar-refractivity contribution in [3.8, 4) is 11.4 Å². The van der Waals surface area contributed by atoms with E-state index < -0.39 is 23.2 Å². The van der Waals surface area contributed by atoms with Crippen molar-refractivity contribution in [3.63, 3.8) is 0 Å². The molecule has 0 amide bonds. The van der Waals surface area contributed by atoms with Crippen molar-refractivity contribution < 1.29 is 23.4 Å². The quantitative estimate of drug-likeness (QED) is 0.520. The van der Waals surface area contributed by atoms with Crippen LogP contribution in [0.25, 0.3) is 11.4 Å². The van der Waals surface area contributed by atoms with E-state index in [0.717, 1.165) is 11.8 Å². The molecule has 1 aliphatic rings. The Morgan fingerprint density at radius 1 is 1.10 bits per heavy atom. The van der Waals surface area contributed by atoms with Crippen molar-refractivity contribution in [1.29, 1.82) is 0 Å². The second kappa shape index (κ2) is 8.81. The van der Waals surface area contributed by atoms with Gasteiger partial charge >= 0.3 is 6.18 Å². The van der Waals surface area contributed by atoms with Crippen LogP contribution >= 0.6 is 0 Å². The smallest absolute Gasteiger partial charge is 0.330 e. The third kappa shape index (κ3) is 4.97. The van der Waals surface area contributed by atoms with E-state index in [1.807, 2.05) is 13.8 Å². The summed E-state index contributed by atoms with van der Waals surface area (Å²) in [4.78, 5) is 3.71. The van der Waals surface area contributed by atoms with Crippen LogP contribution in [0.1, 0.15) is 59.1 Å². The fraction of sp³-hybridized carbons (Fsp3) is 0.571. The highest BCUT2D eigenvalue weighted by Crippen LogP contribution is 2.59. The highest BCUT2D eigenvalue weighted by Gasteiger charge is 2.61. The molecule has 0 saturated heterocycles. The summed E-state index contributed by atoms with van der Waals surface area (Å²) in [5, 5.41) is 0. The van der Waals surface area contributed by atoms with Crippen LogP contribution < -0.4 is 5.73 Å². The molecule has 1 saturated carbocycles. The van der Waals surface area contributed by atoms with Gasteiger partial charge in [0.1, 0.15) is 5.82 Å². The lowest BCUT2D eigenvalue weighted by Crippen LogP contribution is -2.33. The van der Waals surface area contributed by atoms with Crippen molar-refractivity contribution in [2.75, 3.05) is 0 Å². The van der Waals surface area contributed by atoms with Crippen LogP contribution in [0, 0.1) is 5.41 Å². The molecule has 1 fully saturated rings. The molecule has 2 N–H and O–H groups in total. The highest BCUT2D eigenvalue weighted by molar-refractivity contribution is 5.57. The average Bonchev–Trinajstić information content (AvgIpc) is 3.35. The van der Waals surface area contributed by atoms with E-state index in [1.165, 1.54) is 4.57 Å². The van der Waals surface area contributed by atoms with Crippen LogP contribution in [-0.2, 0) is 19.3 Å². The van der Waals surface area contributed by atoms with Crippen molar-refractivity contribution in [2.45, 2.75) is 71.6 Å². The summed E-state index contributed by atoms with van der Waals surface area (Å²) in [6.07, 6.45) is -3.15. The zero-order valence-electron chi connectivity index (χ0n) is 17.0. The summed E-state index contributed by atoms with van der Waals surface area (Å²) >= 11 is 0. The van der Waals surface area contributed by atoms with Crippen LogP contribution in [0.15, 0.2) is 30.5 Å². The zero-order valence-corrected chi connectivity index (χ0v) is 17.0. The molecule has 0 atom stereocenters. The van der Waals surface area contributed by atoms with Gasteiger partial charge in [-0.25, -0.2) is 13.8 Å². The van der Waals surface area contributed by atoms with E-state index >= 15 is 0 Å². The molecular weight excluding hydrogens is 389 g/mol. The number of halogens is 5. The van der Waals surface area contributed by atoms with Gasteiger partial charge < -0.3 is 10.3 Å². The van der Waals surface area contributed by atoms with Gasteiger partial charge in [0.05, 0.1) is 5.41 Å². The molecule has 1 aliphatic carbocycles. The minimum Gasteiger partial charge on any atom is -0.330 e. The second-order valence-electron chi connectivity index (χ2n) is 7.21. The monoisotopic (exact) mass is 419 g/mol. The number of nitrogens with two attached hydrogens (primary N) is 1. The van der Waals surface area contributed by atoms with Gasteiger partial charge in [0.15, 0.2) is 5.69 Å². The zero-order chi connectivity index (χ0) is 21.9. The number of aromatic nitrogens is 2. The van der Waals surface area contributed by atoms with Gasteiger partial charge in [-0.1, -0.05) is 51.5 Å². The number of nitrogens with zero attached hydrogens (tertiary/aromatic N) is 2. The molecule has 3 nitrogen and oxygen atoms in total. The van der Waals surface area contributed by atoms with Gasteiger partial charge in [0.25, 0.3) is 5.92 Å². The Bertz CT molecular complexity index is 796. The van der Waals surface area contributed by atoms with Gasteiger partial charge in [-0.15, -0.1) is 0 Å². The molecule has 1 heterocycles. The first-order valence-corrected chi connectivity index (χ1v) is 9.93. The maximum absolute atomic E-state index is 14.6. The number of alkyl halides is 5. The molecule has 29 heavy (non-hydrogen) atoms. The molecule has 1 aromatic carbocycles. The van der Waals surface area contributed by atoms with Crippen molar-refractivity contribution in [2.24, 2.45) is 11.1 Å². The van der Waals surface area contributed by atoms with Crippen molar-refractivity contribution >= 4 is 0 Å². The molecule has 0 spiro atoms. The van der Waals surface area contributed by atoms with Gasteiger partial charge in [-0.2, -0.15) is 13.2 Å². The number of imidazole rings is 1. The molecule has 0 bridgehead atoms. The second-order valence-corrected chi connectivity index (χ2v) is 7.21. The first kappa shape index (κ1) is 23.3. The highest BCUT2D eigenvalue weighted by atomic mass is 19.4. The Labute approximate surface area is 169 Å². The topological polar surface area (TPSA) is 43.8 Å². The SMILES string of the molecule is CC.CCCC(F)(F)C1(Cn2cc(C(F)(F)F)nc2-c2ccc(CN)cc2)CC1.[HH]. The van der Waals surface area contributed by atoms with Gasteiger partial charge in [0, 0.05) is 32.7 Å². The first-order valence-electron chi connectivity index (χ1n) is 9.93. The van der Waals surface area contributed by atoms with Crippen LogP contribution in [0.4, 0.5) is 22.0 Å². The van der Waals surface area contributed by atoms with E-state index in [9.17, 15) is 22.0 Å². The predicted octanol–water partition coefficient (Wildman–Crippen LogP) is 6.52. The lowest BCUT2D eigenvalue weighted by Gasteiger charge is -2.27. The van der Waals surface area contributed by atoms with E-state index in [2.05, 4.69) is 4.98 Å². The van der Waals surface area contributed by atoms with Gasteiger partial charge in [0.2, 0.25) is 0 Å². The Morgan fingerprint density at radius 3 is 2.14 bits per heavy atom. The molecule has 3 rings (SSSR count). The van der Waals surface area contributed by atoms with Crippen LogP contribution in [-0.4, -0.2) is 15.5 Å². The summed E-state index contributed by atoms with van der Waals surface area (Å²) < 4.78 is 69.9. The number of hydrogen-bond acceptors (Lipinski definition) is 2. The Morgan fingerprint density at radius 2 is 1.69 bits per heavy atom. The first-order chi connectivity index (χ1) is 13.6. The Balaban J connectivity index is 0.00000146. The average molecular weight is 419 g/mol. The summed E-state index contributed by atoms with van der Waals surface area (Å²) in [6, 6.07) is 6.62. The largest absolute Gasteiger partial charge is 0.434 e. The molecule has 8 heteroatoms. The molecule has 2 aromatic rings. The van der Waals surface area contributed by atoms with E-state index in [0.29, 0.717) is 31.4 Å².